The summed E-state index contributed by atoms with van der Waals surface area (Å²) in [6.45, 7) is 2.28. The average molecular weight is 234 g/mol. The van der Waals surface area contributed by atoms with E-state index in [9.17, 15) is 0 Å². The average Bonchev–Trinajstić information content (AvgIpc) is 2.39. The summed E-state index contributed by atoms with van der Waals surface area (Å²) in [5.74, 6) is 2.49. The third-order valence-electron chi connectivity index (χ3n) is 3.66. The highest BCUT2D eigenvalue weighted by Crippen LogP contribution is 2.28. The van der Waals surface area contributed by atoms with Gasteiger partial charge in [-0.1, -0.05) is 26.2 Å². The highest BCUT2D eigenvalue weighted by atomic mass is 15.1. The van der Waals surface area contributed by atoms with E-state index in [-0.39, 0.29) is 0 Å². The number of nitrogens with zero attached hydrogens (tertiary/aromatic N) is 2. The maximum Gasteiger partial charge on any atom is 0.147 e. The first-order valence-corrected chi connectivity index (χ1v) is 6.59. The maximum atomic E-state index is 4.47. The Morgan fingerprint density at radius 3 is 2.76 bits per heavy atom. The molecule has 1 aliphatic rings. The van der Waals surface area contributed by atoms with Crippen molar-refractivity contribution in [2.45, 2.75) is 45.1 Å². The van der Waals surface area contributed by atoms with Crippen LogP contribution in [0.4, 0.5) is 11.6 Å². The van der Waals surface area contributed by atoms with E-state index >= 15 is 0 Å². The number of nitrogens with one attached hydrogen (secondary N) is 2. The molecule has 0 radical (unpaired) electrons. The fourth-order valence-corrected chi connectivity index (χ4v) is 2.63. The molecule has 2 rings (SSSR count). The molecule has 0 saturated heterocycles. The topological polar surface area (TPSA) is 49.8 Å². The van der Waals surface area contributed by atoms with E-state index in [4.69, 9.17) is 0 Å². The van der Waals surface area contributed by atoms with Crippen LogP contribution in [-0.2, 0) is 0 Å². The van der Waals surface area contributed by atoms with E-state index in [0.717, 1.165) is 17.6 Å². The van der Waals surface area contributed by atoms with E-state index in [1.807, 2.05) is 13.2 Å². The number of rotatable bonds is 4. The van der Waals surface area contributed by atoms with Crippen LogP contribution in [0.15, 0.2) is 12.4 Å². The molecule has 1 heterocycles. The van der Waals surface area contributed by atoms with Crippen molar-refractivity contribution in [2.24, 2.45) is 5.92 Å². The molecular weight excluding hydrogens is 212 g/mol. The second-order valence-corrected chi connectivity index (χ2v) is 4.74. The molecule has 0 aliphatic heterocycles. The van der Waals surface area contributed by atoms with Gasteiger partial charge in [0.1, 0.15) is 11.6 Å². The molecule has 4 heteroatoms. The first-order chi connectivity index (χ1) is 8.33. The zero-order valence-corrected chi connectivity index (χ0v) is 10.7. The monoisotopic (exact) mass is 234 g/mol. The van der Waals surface area contributed by atoms with Gasteiger partial charge < -0.3 is 10.6 Å². The van der Waals surface area contributed by atoms with Crippen LogP contribution in [0.1, 0.15) is 39.0 Å². The standard InChI is InChI=1S/C13H22N4/c1-3-10-6-4-5-7-11(10)16-13-9-15-8-12(14-2)17-13/h8-11H,3-7H2,1-2H3,(H2,14,16,17). The lowest BCUT2D eigenvalue weighted by atomic mass is 9.83. The first kappa shape index (κ1) is 12.1. The van der Waals surface area contributed by atoms with Crippen molar-refractivity contribution in [3.63, 3.8) is 0 Å². The number of anilines is 2. The largest absolute Gasteiger partial charge is 0.372 e. The Kier molecular flexibility index (Phi) is 4.18. The molecule has 0 spiro atoms. The Balaban J connectivity index is 2.02. The molecule has 2 unspecified atom stereocenters. The molecule has 2 N–H and O–H groups in total. The van der Waals surface area contributed by atoms with Crippen molar-refractivity contribution in [1.82, 2.24) is 9.97 Å². The van der Waals surface area contributed by atoms with Crippen LogP contribution in [-0.4, -0.2) is 23.1 Å². The zero-order valence-electron chi connectivity index (χ0n) is 10.7. The van der Waals surface area contributed by atoms with Crippen molar-refractivity contribution < 1.29 is 0 Å². The summed E-state index contributed by atoms with van der Waals surface area (Å²) in [5, 5.41) is 6.56. The van der Waals surface area contributed by atoms with Crippen LogP contribution >= 0.6 is 0 Å². The van der Waals surface area contributed by atoms with Gasteiger partial charge in [0.2, 0.25) is 0 Å². The molecule has 1 fully saturated rings. The number of aromatic nitrogens is 2. The molecule has 4 nitrogen and oxygen atoms in total. The number of hydrogen-bond donors (Lipinski definition) is 2. The minimum atomic E-state index is 0.565. The summed E-state index contributed by atoms with van der Waals surface area (Å²) in [5.41, 5.74) is 0. The van der Waals surface area contributed by atoms with Gasteiger partial charge in [0, 0.05) is 13.1 Å². The Hall–Kier alpha value is -1.32. The fraction of sp³-hybridized carbons (Fsp3) is 0.692. The van der Waals surface area contributed by atoms with Crippen molar-refractivity contribution in [3.05, 3.63) is 12.4 Å². The molecular formula is C13H22N4. The molecule has 0 amide bonds. The quantitative estimate of drug-likeness (QED) is 0.841. The summed E-state index contributed by atoms with van der Waals surface area (Å²) in [6, 6.07) is 0.565. The smallest absolute Gasteiger partial charge is 0.147 e. The third-order valence-corrected chi connectivity index (χ3v) is 3.66. The minimum Gasteiger partial charge on any atom is -0.372 e. The van der Waals surface area contributed by atoms with Gasteiger partial charge in [-0.2, -0.15) is 0 Å². The van der Waals surface area contributed by atoms with Crippen LogP contribution in [0.3, 0.4) is 0 Å². The summed E-state index contributed by atoms with van der Waals surface area (Å²) < 4.78 is 0. The third kappa shape index (κ3) is 3.08. The van der Waals surface area contributed by atoms with E-state index in [1.54, 1.807) is 6.20 Å². The van der Waals surface area contributed by atoms with Crippen molar-refractivity contribution >= 4 is 11.6 Å². The van der Waals surface area contributed by atoms with Crippen molar-refractivity contribution in [1.29, 1.82) is 0 Å². The molecule has 0 aromatic carbocycles. The summed E-state index contributed by atoms with van der Waals surface area (Å²) in [6.07, 6.45) is 10.1. The molecule has 2 atom stereocenters. The fourth-order valence-electron chi connectivity index (χ4n) is 2.63. The predicted octanol–water partition coefficient (Wildman–Crippen LogP) is 2.90. The van der Waals surface area contributed by atoms with Gasteiger partial charge in [0.15, 0.2) is 0 Å². The van der Waals surface area contributed by atoms with Crippen LogP contribution < -0.4 is 10.6 Å². The van der Waals surface area contributed by atoms with Crippen LogP contribution in [0.25, 0.3) is 0 Å². The lowest BCUT2D eigenvalue weighted by Crippen LogP contribution is -2.32. The molecule has 94 valence electrons. The highest BCUT2D eigenvalue weighted by Gasteiger charge is 2.23. The molecule has 1 aromatic rings. The Morgan fingerprint density at radius 1 is 1.24 bits per heavy atom. The van der Waals surface area contributed by atoms with Crippen LogP contribution in [0.5, 0.6) is 0 Å². The van der Waals surface area contributed by atoms with Gasteiger partial charge in [-0.15, -0.1) is 0 Å². The maximum absolute atomic E-state index is 4.47. The zero-order chi connectivity index (χ0) is 12.1. The van der Waals surface area contributed by atoms with Crippen LogP contribution in [0.2, 0.25) is 0 Å². The SMILES string of the molecule is CCC1CCCCC1Nc1cncc(NC)n1. The van der Waals surface area contributed by atoms with Gasteiger partial charge in [-0.05, 0) is 18.8 Å². The second-order valence-electron chi connectivity index (χ2n) is 4.74. The minimum absolute atomic E-state index is 0.565. The summed E-state index contributed by atoms with van der Waals surface area (Å²) in [7, 11) is 1.86. The van der Waals surface area contributed by atoms with Crippen molar-refractivity contribution in [2.75, 3.05) is 17.7 Å². The summed E-state index contributed by atoms with van der Waals surface area (Å²) in [4.78, 5) is 8.65. The first-order valence-electron chi connectivity index (χ1n) is 6.59. The van der Waals surface area contributed by atoms with E-state index < -0.39 is 0 Å². The highest BCUT2D eigenvalue weighted by molar-refractivity contribution is 5.41. The van der Waals surface area contributed by atoms with Crippen molar-refractivity contribution in [3.8, 4) is 0 Å². The molecule has 1 saturated carbocycles. The molecule has 1 aliphatic carbocycles. The van der Waals surface area contributed by atoms with Gasteiger partial charge in [0.05, 0.1) is 12.4 Å². The lowest BCUT2D eigenvalue weighted by molar-refractivity contribution is 0.317. The molecule has 17 heavy (non-hydrogen) atoms. The second kappa shape index (κ2) is 5.84. The Morgan fingerprint density at radius 2 is 2.00 bits per heavy atom. The van der Waals surface area contributed by atoms with Crippen LogP contribution in [0, 0.1) is 5.92 Å². The van der Waals surface area contributed by atoms with Gasteiger partial charge >= 0.3 is 0 Å². The lowest BCUT2D eigenvalue weighted by Gasteiger charge is -2.31. The predicted molar refractivity (Wildman–Crippen MR) is 71.2 cm³/mol. The van der Waals surface area contributed by atoms with E-state index in [0.29, 0.717) is 6.04 Å². The number of hydrogen-bond acceptors (Lipinski definition) is 4. The molecule has 0 bridgehead atoms. The van der Waals surface area contributed by atoms with E-state index in [1.165, 1.54) is 32.1 Å². The molecule has 1 aromatic heterocycles. The van der Waals surface area contributed by atoms with Gasteiger partial charge in [-0.3, -0.25) is 4.98 Å². The Bertz CT molecular complexity index is 353. The van der Waals surface area contributed by atoms with Gasteiger partial charge in [-0.25, -0.2) is 4.98 Å². The Labute approximate surface area is 103 Å². The van der Waals surface area contributed by atoms with E-state index in [2.05, 4.69) is 27.5 Å². The normalized spacial score (nSPS) is 24.4. The summed E-state index contributed by atoms with van der Waals surface area (Å²) >= 11 is 0. The van der Waals surface area contributed by atoms with Gasteiger partial charge in [0.25, 0.3) is 0 Å².